The van der Waals surface area contributed by atoms with E-state index >= 15 is 0 Å². The summed E-state index contributed by atoms with van der Waals surface area (Å²) in [6.07, 6.45) is 0.372. The van der Waals surface area contributed by atoms with Gasteiger partial charge in [-0.15, -0.1) is 22.7 Å². The number of carbonyl (C=O) groups excluding carboxylic acids is 1. The topological polar surface area (TPSA) is 101 Å². The minimum atomic E-state index is -3.87. The SMILES string of the molecule is Cc1csc(NC(=O)[C@H](CC(C)C)NS(=O)(=O)c2ccc3nc(C)sc3c2)n1. The second-order valence-electron chi connectivity index (χ2n) is 6.95. The van der Waals surface area contributed by atoms with Crippen LogP contribution < -0.4 is 10.0 Å². The van der Waals surface area contributed by atoms with E-state index < -0.39 is 22.0 Å². The molecule has 7 nitrogen and oxygen atoms in total. The van der Waals surface area contributed by atoms with Gasteiger partial charge in [-0.25, -0.2) is 18.4 Å². The fourth-order valence-corrected chi connectivity index (χ4v) is 5.59. The molecule has 0 saturated carbocycles. The molecule has 0 aliphatic carbocycles. The number of benzene rings is 1. The summed E-state index contributed by atoms with van der Waals surface area (Å²) in [5, 5.41) is 5.86. The predicted molar refractivity (Wildman–Crippen MR) is 113 cm³/mol. The van der Waals surface area contributed by atoms with Gasteiger partial charge in [0, 0.05) is 5.38 Å². The highest BCUT2D eigenvalue weighted by Gasteiger charge is 2.27. The number of nitrogens with zero attached hydrogens (tertiary/aromatic N) is 2. The average molecular weight is 439 g/mol. The van der Waals surface area contributed by atoms with Crippen LogP contribution in [0.25, 0.3) is 10.2 Å². The van der Waals surface area contributed by atoms with Gasteiger partial charge in [0.1, 0.15) is 6.04 Å². The largest absolute Gasteiger partial charge is 0.301 e. The number of thiazole rings is 2. The first-order valence-electron chi connectivity index (χ1n) is 8.76. The third-order valence-corrected chi connectivity index (χ3v) is 7.23. The van der Waals surface area contributed by atoms with Crippen molar-refractivity contribution in [2.75, 3.05) is 5.32 Å². The van der Waals surface area contributed by atoms with E-state index in [4.69, 9.17) is 0 Å². The van der Waals surface area contributed by atoms with Crippen LogP contribution in [0.15, 0.2) is 28.5 Å². The molecule has 0 fully saturated rings. The van der Waals surface area contributed by atoms with E-state index in [-0.39, 0.29) is 10.8 Å². The minimum Gasteiger partial charge on any atom is -0.301 e. The van der Waals surface area contributed by atoms with Crippen molar-refractivity contribution in [1.29, 1.82) is 0 Å². The monoisotopic (exact) mass is 438 g/mol. The molecule has 2 aromatic heterocycles. The number of hydrogen-bond acceptors (Lipinski definition) is 7. The molecule has 10 heteroatoms. The van der Waals surface area contributed by atoms with Crippen LogP contribution in [-0.2, 0) is 14.8 Å². The Hall–Kier alpha value is -1.88. The number of carbonyl (C=O) groups is 1. The van der Waals surface area contributed by atoms with Crippen LogP contribution in [0.3, 0.4) is 0 Å². The minimum absolute atomic E-state index is 0.121. The van der Waals surface area contributed by atoms with Gasteiger partial charge in [-0.2, -0.15) is 4.72 Å². The van der Waals surface area contributed by atoms with Crippen LogP contribution in [-0.4, -0.2) is 30.3 Å². The van der Waals surface area contributed by atoms with Gasteiger partial charge < -0.3 is 5.32 Å². The first-order valence-corrected chi connectivity index (χ1v) is 11.9. The van der Waals surface area contributed by atoms with Crippen LogP contribution in [0.1, 0.15) is 31.0 Å². The van der Waals surface area contributed by atoms with Crippen LogP contribution in [0, 0.1) is 19.8 Å². The van der Waals surface area contributed by atoms with Crippen molar-refractivity contribution >= 4 is 54.0 Å². The smallest absolute Gasteiger partial charge is 0.244 e. The Kier molecular flexibility index (Phi) is 6.13. The molecule has 1 amide bonds. The molecule has 0 saturated heterocycles. The molecule has 2 N–H and O–H groups in total. The lowest BCUT2D eigenvalue weighted by Gasteiger charge is -2.19. The summed E-state index contributed by atoms with van der Waals surface area (Å²) < 4.78 is 29.2. The summed E-state index contributed by atoms with van der Waals surface area (Å²) in [6.45, 7) is 7.58. The summed E-state index contributed by atoms with van der Waals surface area (Å²) in [5.74, 6) is -0.288. The lowest BCUT2D eigenvalue weighted by atomic mass is 10.0. The van der Waals surface area contributed by atoms with E-state index in [1.807, 2.05) is 33.1 Å². The third kappa shape index (κ3) is 4.93. The molecule has 0 unspecified atom stereocenters. The van der Waals surface area contributed by atoms with Gasteiger partial charge in [-0.05, 0) is 44.4 Å². The second kappa shape index (κ2) is 8.24. The Morgan fingerprint density at radius 3 is 2.61 bits per heavy atom. The van der Waals surface area contributed by atoms with Crippen LogP contribution in [0.5, 0.6) is 0 Å². The standard InChI is InChI=1S/C18H22N4O3S3/c1-10(2)7-15(17(23)21-18-19-11(3)9-26-18)22-28(24,25)13-5-6-14-16(8-13)27-12(4)20-14/h5-6,8-10,15,22H,7H2,1-4H3,(H,19,21,23)/t15-/m0/s1. The summed E-state index contributed by atoms with van der Waals surface area (Å²) in [5.41, 5.74) is 1.56. The zero-order chi connectivity index (χ0) is 20.5. The van der Waals surface area contributed by atoms with E-state index in [0.717, 1.165) is 20.9 Å². The molecule has 3 aromatic rings. The number of amides is 1. The van der Waals surface area contributed by atoms with Gasteiger partial charge in [0.25, 0.3) is 0 Å². The number of rotatable bonds is 7. The Bertz CT molecular complexity index is 1100. The number of aryl methyl sites for hydroxylation is 2. The maximum Gasteiger partial charge on any atom is 0.244 e. The van der Waals surface area contributed by atoms with Gasteiger partial charge in [0.15, 0.2) is 5.13 Å². The maximum atomic E-state index is 12.9. The zero-order valence-electron chi connectivity index (χ0n) is 16.0. The van der Waals surface area contributed by atoms with Crippen molar-refractivity contribution in [3.63, 3.8) is 0 Å². The second-order valence-corrected chi connectivity index (χ2v) is 10.8. The molecule has 150 valence electrons. The molecule has 2 heterocycles. The molecule has 3 rings (SSSR count). The molecule has 0 spiro atoms. The highest BCUT2D eigenvalue weighted by atomic mass is 32.2. The van der Waals surface area contributed by atoms with Gasteiger partial charge in [0.05, 0.1) is 25.8 Å². The molecule has 28 heavy (non-hydrogen) atoms. The van der Waals surface area contributed by atoms with Crippen molar-refractivity contribution in [3.8, 4) is 0 Å². The Balaban J connectivity index is 1.83. The number of nitrogens with one attached hydrogen (secondary N) is 2. The van der Waals surface area contributed by atoms with Crippen LogP contribution in [0.4, 0.5) is 5.13 Å². The van der Waals surface area contributed by atoms with Crippen molar-refractivity contribution in [1.82, 2.24) is 14.7 Å². The van der Waals surface area contributed by atoms with E-state index in [1.54, 1.807) is 12.1 Å². The molecule has 1 atom stereocenters. The summed E-state index contributed by atoms with van der Waals surface area (Å²) >= 11 is 2.74. The molecule has 0 aliphatic heterocycles. The molecular weight excluding hydrogens is 416 g/mol. The van der Waals surface area contributed by atoms with Crippen molar-refractivity contribution in [2.45, 2.75) is 45.1 Å². The quantitative estimate of drug-likeness (QED) is 0.586. The normalized spacial score (nSPS) is 13.2. The molecule has 0 aliphatic rings. The predicted octanol–water partition coefficient (Wildman–Crippen LogP) is 3.70. The number of hydrogen-bond donors (Lipinski definition) is 2. The maximum absolute atomic E-state index is 12.9. The molecule has 0 radical (unpaired) electrons. The lowest BCUT2D eigenvalue weighted by Crippen LogP contribution is -2.44. The van der Waals surface area contributed by atoms with Crippen molar-refractivity contribution < 1.29 is 13.2 Å². The van der Waals surface area contributed by atoms with E-state index in [1.165, 1.54) is 28.7 Å². The van der Waals surface area contributed by atoms with Crippen molar-refractivity contribution in [3.05, 3.63) is 34.3 Å². The Morgan fingerprint density at radius 2 is 1.96 bits per heavy atom. The van der Waals surface area contributed by atoms with Gasteiger partial charge in [-0.1, -0.05) is 13.8 Å². The molecular formula is C18H22N4O3S3. The first kappa shape index (κ1) is 20.8. The van der Waals surface area contributed by atoms with Gasteiger partial charge in [-0.3, -0.25) is 4.79 Å². The number of aromatic nitrogens is 2. The number of anilines is 1. The molecule has 1 aromatic carbocycles. The fraction of sp³-hybridized carbons (Fsp3) is 0.389. The lowest BCUT2D eigenvalue weighted by molar-refractivity contribution is -0.118. The highest BCUT2D eigenvalue weighted by molar-refractivity contribution is 7.89. The summed E-state index contributed by atoms with van der Waals surface area (Å²) in [4.78, 5) is 21.4. The van der Waals surface area contributed by atoms with Crippen LogP contribution in [0.2, 0.25) is 0 Å². The Labute approximate surface area is 172 Å². The van der Waals surface area contributed by atoms with E-state index in [9.17, 15) is 13.2 Å². The number of sulfonamides is 1. The third-order valence-electron chi connectivity index (χ3n) is 3.95. The highest BCUT2D eigenvalue weighted by Crippen LogP contribution is 2.25. The number of fused-ring (bicyclic) bond motifs is 1. The average Bonchev–Trinajstić information content (AvgIpc) is 3.17. The van der Waals surface area contributed by atoms with Crippen molar-refractivity contribution in [2.24, 2.45) is 5.92 Å². The van der Waals surface area contributed by atoms with Gasteiger partial charge >= 0.3 is 0 Å². The molecule has 0 bridgehead atoms. The summed E-state index contributed by atoms with van der Waals surface area (Å²) in [7, 11) is -3.87. The first-order chi connectivity index (χ1) is 13.1. The summed E-state index contributed by atoms with van der Waals surface area (Å²) in [6, 6.07) is 3.89. The van der Waals surface area contributed by atoms with Crippen LogP contribution >= 0.6 is 22.7 Å². The zero-order valence-corrected chi connectivity index (χ0v) is 18.5. The Morgan fingerprint density at radius 1 is 1.21 bits per heavy atom. The fourth-order valence-electron chi connectivity index (χ4n) is 2.73. The van der Waals surface area contributed by atoms with E-state index in [2.05, 4.69) is 20.0 Å². The van der Waals surface area contributed by atoms with E-state index in [0.29, 0.717) is 11.6 Å². The van der Waals surface area contributed by atoms with Gasteiger partial charge in [0.2, 0.25) is 15.9 Å².